The number of rotatable bonds is 6. The summed E-state index contributed by atoms with van der Waals surface area (Å²) in [5.74, 6) is 0. The van der Waals surface area contributed by atoms with E-state index in [2.05, 4.69) is 35.8 Å². The Kier molecular flexibility index (Phi) is 4.36. The maximum absolute atomic E-state index is 6.02. The highest BCUT2D eigenvalue weighted by Crippen LogP contribution is 2.55. The van der Waals surface area contributed by atoms with Crippen LogP contribution in [0.2, 0.25) is 0 Å². The monoisotopic (exact) mass is 291 g/mol. The van der Waals surface area contributed by atoms with Crippen LogP contribution in [-0.2, 0) is 11.8 Å². The van der Waals surface area contributed by atoms with Gasteiger partial charge in [-0.25, -0.2) is 4.98 Å². The first-order valence-electron chi connectivity index (χ1n) is 8.55. The molecule has 4 heteroatoms. The first-order valence-corrected chi connectivity index (χ1v) is 8.55. The lowest BCUT2D eigenvalue weighted by Gasteiger charge is -2.55. The van der Waals surface area contributed by atoms with Crippen molar-refractivity contribution in [3.05, 3.63) is 18.2 Å². The molecule has 0 unspecified atom stereocenters. The van der Waals surface area contributed by atoms with E-state index in [0.717, 1.165) is 13.0 Å². The molecular weight excluding hydrogens is 262 g/mol. The number of aromatic nitrogens is 2. The molecule has 0 bridgehead atoms. The van der Waals surface area contributed by atoms with Crippen molar-refractivity contribution < 1.29 is 4.74 Å². The average Bonchev–Trinajstić information content (AvgIpc) is 3.13. The fraction of sp³-hybridized carbons (Fsp3) is 0.824. The molecule has 0 aromatic carbocycles. The summed E-state index contributed by atoms with van der Waals surface area (Å²) in [4.78, 5) is 4.27. The van der Waals surface area contributed by atoms with Gasteiger partial charge in [-0.1, -0.05) is 19.8 Å². The van der Waals surface area contributed by atoms with E-state index < -0.39 is 0 Å². The molecule has 1 spiro atoms. The quantitative estimate of drug-likeness (QED) is 0.875. The third-order valence-electron chi connectivity index (χ3n) is 5.71. The van der Waals surface area contributed by atoms with Gasteiger partial charge in [-0.15, -0.1) is 0 Å². The van der Waals surface area contributed by atoms with Crippen LogP contribution in [0.25, 0.3) is 0 Å². The van der Waals surface area contributed by atoms with Crippen molar-refractivity contribution in [3.63, 3.8) is 0 Å². The number of nitrogens with one attached hydrogen (secondary N) is 1. The maximum Gasteiger partial charge on any atom is 0.0946 e. The topological polar surface area (TPSA) is 39.1 Å². The predicted molar refractivity (Wildman–Crippen MR) is 84.1 cm³/mol. The highest BCUT2D eigenvalue weighted by molar-refractivity contribution is 5.13. The second kappa shape index (κ2) is 6.09. The fourth-order valence-electron chi connectivity index (χ4n) is 4.48. The Morgan fingerprint density at radius 1 is 1.43 bits per heavy atom. The van der Waals surface area contributed by atoms with Gasteiger partial charge in [0, 0.05) is 37.4 Å². The minimum atomic E-state index is 0.405. The van der Waals surface area contributed by atoms with E-state index >= 15 is 0 Å². The summed E-state index contributed by atoms with van der Waals surface area (Å²) < 4.78 is 8.16. The summed E-state index contributed by atoms with van der Waals surface area (Å²) in [6.07, 6.45) is 12.0. The first-order chi connectivity index (χ1) is 10.2. The Bertz CT molecular complexity index is 464. The number of ether oxygens (including phenoxy) is 1. The molecule has 1 aromatic heterocycles. The molecule has 1 heterocycles. The van der Waals surface area contributed by atoms with E-state index in [9.17, 15) is 0 Å². The van der Waals surface area contributed by atoms with Gasteiger partial charge in [0.2, 0.25) is 0 Å². The Morgan fingerprint density at radius 3 is 2.76 bits per heavy atom. The standard InChI is InChI=1S/C17H29N3O/c1-4-13(14-11-18-12-20(14)3)19-15-10-16(21-5-2)17(15)8-6-7-9-17/h11-13,15-16,19H,4-10H2,1-3H3/t13-,15+,16-/m1/s1. The highest BCUT2D eigenvalue weighted by Gasteiger charge is 2.56. The first kappa shape index (κ1) is 15.0. The number of hydrogen-bond donors (Lipinski definition) is 1. The second-order valence-electron chi connectivity index (χ2n) is 6.73. The molecule has 4 nitrogen and oxygen atoms in total. The Labute approximate surface area is 128 Å². The highest BCUT2D eigenvalue weighted by atomic mass is 16.5. The number of nitrogens with zero attached hydrogens (tertiary/aromatic N) is 2. The largest absolute Gasteiger partial charge is 0.378 e. The molecule has 21 heavy (non-hydrogen) atoms. The molecule has 118 valence electrons. The van der Waals surface area contributed by atoms with Crippen molar-refractivity contribution in [1.82, 2.24) is 14.9 Å². The van der Waals surface area contributed by atoms with Gasteiger partial charge in [0.05, 0.1) is 18.1 Å². The molecule has 2 fully saturated rings. The SMILES string of the molecule is CCO[C@@H]1C[C@H](N[C@H](CC)c2cncn2C)C12CCCC2. The van der Waals surface area contributed by atoms with Gasteiger partial charge in [-0.3, -0.25) is 0 Å². The fourth-order valence-corrected chi connectivity index (χ4v) is 4.48. The van der Waals surface area contributed by atoms with E-state index in [0.29, 0.717) is 23.6 Å². The van der Waals surface area contributed by atoms with E-state index in [1.165, 1.54) is 37.8 Å². The predicted octanol–water partition coefficient (Wildman–Crippen LogP) is 3.20. The van der Waals surface area contributed by atoms with Crippen LogP contribution in [0.15, 0.2) is 12.5 Å². The van der Waals surface area contributed by atoms with Gasteiger partial charge >= 0.3 is 0 Å². The normalized spacial score (nSPS) is 28.7. The summed E-state index contributed by atoms with van der Waals surface area (Å²) in [6, 6.07) is 1.01. The number of imidazole rings is 1. The Balaban J connectivity index is 1.71. The average molecular weight is 291 g/mol. The summed E-state index contributed by atoms with van der Waals surface area (Å²) in [5.41, 5.74) is 1.70. The smallest absolute Gasteiger partial charge is 0.0946 e. The van der Waals surface area contributed by atoms with Crippen molar-refractivity contribution in [2.45, 2.75) is 70.6 Å². The molecule has 0 radical (unpaired) electrons. The summed E-state index contributed by atoms with van der Waals surface area (Å²) >= 11 is 0. The molecule has 0 saturated heterocycles. The van der Waals surface area contributed by atoms with E-state index in [-0.39, 0.29) is 0 Å². The lowest BCUT2D eigenvalue weighted by molar-refractivity contribution is -0.133. The molecule has 1 aromatic rings. The van der Waals surface area contributed by atoms with Gasteiger partial charge in [0.15, 0.2) is 0 Å². The van der Waals surface area contributed by atoms with E-state index in [1.807, 2.05) is 12.5 Å². The van der Waals surface area contributed by atoms with Crippen LogP contribution in [0.5, 0.6) is 0 Å². The molecule has 2 saturated carbocycles. The maximum atomic E-state index is 6.02. The third-order valence-corrected chi connectivity index (χ3v) is 5.71. The molecular formula is C17H29N3O. The van der Waals surface area contributed by atoms with Crippen LogP contribution < -0.4 is 5.32 Å². The molecule has 1 N–H and O–H groups in total. The summed E-state index contributed by atoms with van der Waals surface area (Å²) in [5, 5.41) is 3.93. The van der Waals surface area contributed by atoms with E-state index in [1.54, 1.807) is 0 Å². The molecule has 0 aliphatic heterocycles. The van der Waals surface area contributed by atoms with Gasteiger partial charge < -0.3 is 14.6 Å². The van der Waals surface area contributed by atoms with Crippen LogP contribution in [0.1, 0.15) is 64.1 Å². The van der Waals surface area contributed by atoms with Crippen molar-refractivity contribution in [3.8, 4) is 0 Å². The molecule has 2 aliphatic carbocycles. The summed E-state index contributed by atoms with van der Waals surface area (Å²) in [7, 11) is 2.09. The minimum Gasteiger partial charge on any atom is -0.378 e. The molecule has 3 atom stereocenters. The molecule has 2 aliphatic rings. The molecule has 0 amide bonds. The zero-order valence-electron chi connectivity index (χ0n) is 13.6. The zero-order valence-corrected chi connectivity index (χ0v) is 13.6. The second-order valence-corrected chi connectivity index (χ2v) is 6.73. The number of hydrogen-bond acceptors (Lipinski definition) is 3. The van der Waals surface area contributed by atoms with Crippen molar-refractivity contribution >= 4 is 0 Å². The Hall–Kier alpha value is -0.870. The van der Waals surface area contributed by atoms with Gasteiger partial charge in [0.25, 0.3) is 0 Å². The lowest BCUT2D eigenvalue weighted by Crippen LogP contribution is -2.63. The van der Waals surface area contributed by atoms with Crippen LogP contribution in [0.4, 0.5) is 0 Å². The lowest BCUT2D eigenvalue weighted by atomic mass is 9.60. The van der Waals surface area contributed by atoms with Gasteiger partial charge in [0.1, 0.15) is 0 Å². The van der Waals surface area contributed by atoms with Crippen molar-refractivity contribution in [2.24, 2.45) is 12.5 Å². The van der Waals surface area contributed by atoms with Crippen molar-refractivity contribution in [2.75, 3.05) is 6.61 Å². The van der Waals surface area contributed by atoms with Crippen LogP contribution >= 0.6 is 0 Å². The van der Waals surface area contributed by atoms with Gasteiger partial charge in [-0.2, -0.15) is 0 Å². The van der Waals surface area contributed by atoms with Crippen LogP contribution in [0, 0.1) is 5.41 Å². The zero-order chi connectivity index (χ0) is 14.9. The minimum absolute atomic E-state index is 0.405. The number of aryl methyl sites for hydroxylation is 1. The molecule has 3 rings (SSSR count). The third kappa shape index (κ3) is 2.53. The van der Waals surface area contributed by atoms with Crippen LogP contribution in [-0.4, -0.2) is 28.3 Å². The summed E-state index contributed by atoms with van der Waals surface area (Å²) in [6.45, 7) is 5.22. The Morgan fingerprint density at radius 2 is 2.19 bits per heavy atom. The van der Waals surface area contributed by atoms with Gasteiger partial charge in [-0.05, 0) is 32.6 Å². The van der Waals surface area contributed by atoms with Crippen molar-refractivity contribution in [1.29, 1.82) is 0 Å². The van der Waals surface area contributed by atoms with E-state index in [4.69, 9.17) is 4.74 Å². The van der Waals surface area contributed by atoms with Crippen LogP contribution in [0.3, 0.4) is 0 Å².